The highest BCUT2D eigenvalue weighted by Gasteiger charge is 2.63. The average molecular weight is 266 g/mol. The topological polar surface area (TPSA) is 52.9 Å². The molecule has 1 heterocycles. The summed E-state index contributed by atoms with van der Waals surface area (Å²) in [5.74, 6) is -1.50. The van der Waals surface area contributed by atoms with E-state index in [2.05, 4.69) is 5.10 Å². The van der Waals surface area contributed by atoms with Crippen LogP contribution in [0.3, 0.4) is 0 Å². The zero-order valence-electron chi connectivity index (χ0n) is 10.6. The van der Waals surface area contributed by atoms with Gasteiger partial charge in [0, 0.05) is 18.1 Å². The van der Waals surface area contributed by atoms with E-state index in [4.69, 9.17) is 0 Å². The average Bonchev–Trinajstić information content (AvgIpc) is 2.55. The molecule has 0 saturated heterocycles. The van der Waals surface area contributed by atoms with Crippen molar-refractivity contribution in [3.63, 3.8) is 0 Å². The fraction of sp³-hybridized carbons (Fsp3) is 0.818. The fourth-order valence-corrected chi connectivity index (χ4v) is 1.74. The summed E-state index contributed by atoms with van der Waals surface area (Å²) in [6, 6.07) is 0. The number of hydrazone groups is 1. The maximum absolute atomic E-state index is 12.9. The van der Waals surface area contributed by atoms with Gasteiger partial charge in [-0.25, -0.2) is 0 Å². The van der Waals surface area contributed by atoms with E-state index in [0.29, 0.717) is 12.8 Å². The van der Waals surface area contributed by atoms with E-state index in [1.54, 1.807) is 6.92 Å². The fourth-order valence-electron chi connectivity index (χ4n) is 1.74. The number of rotatable bonds is 3. The Morgan fingerprint density at radius 2 is 2.11 bits per heavy atom. The molecule has 104 valence electrons. The number of alkyl halides is 3. The number of amides is 1. The number of halogens is 3. The van der Waals surface area contributed by atoms with Crippen LogP contribution in [-0.2, 0) is 4.79 Å². The Labute approximate surface area is 103 Å². The summed E-state index contributed by atoms with van der Waals surface area (Å²) >= 11 is 0. The van der Waals surface area contributed by atoms with Gasteiger partial charge >= 0.3 is 6.18 Å². The summed E-state index contributed by atoms with van der Waals surface area (Å²) in [7, 11) is 0. The molecule has 1 aliphatic heterocycles. The van der Waals surface area contributed by atoms with Gasteiger partial charge in [-0.3, -0.25) is 4.79 Å². The predicted octanol–water partition coefficient (Wildman–Crippen LogP) is 2.28. The minimum atomic E-state index is -4.92. The Morgan fingerprint density at radius 3 is 2.50 bits per heavy atom. The van der Waals surface area contributed by atoms with Crippen LogP contribution < -0.4 is 0 Å². The molecule has 0 aromatic carbocycles. The molecule has 4 nitrogen and oxygen atoms in total. The Bertz CT molecular complexity index is 366. The second-order valence-corrected chi connectivity index (χ2v) is 4.71. The van der Waals surface area contributed by atoms with Crippen molar-refractivity contribution in [1.29, 1.82) is 0 Å². The lowest BCUT2D eigenvalue weighted by molar-refractivity contribution is -0.303. The van der Waals surface area contributed by atoms with Gasteiger partial charge in [0.05, 0.1) is 0 Å². The van der Waals surface area contributed by atoms with Crippen LogP contribution in [0.25, 0.3) is 0 Å². The number of hydrogen-bond donors (Lipinski definition) is 1. The number of carbonyl (C=O) groups excluding carboxylic acids is 1. The van der Waals surface area contributed by atoms with Crippen molar-refractivity contribution in [2.75, 3.05) is 0 Å². The van der Waals surface area contributed by atoms with Crippen LogP contribution in [-0.4, -0.2) is 33.6 Å². The molecule has 1 rings (SSSR count). The van der Waals surface area contributed by atoms with E-state index >= 15 is 0 Å². The molecule has 0 bridgehead atoms. The standard InChI is InChI=1S/C11H17F3N2O2/c1-4-5-8-6-10(18,11(12,13)14)16(15-8)9(17)7(2)3/h7,18H,4-6H2,1-3H3/t10-/m0/s1. The summed E-state index contributed by atoms with van der Waals surface area (Å²) in [6.07, 6.45) is -4.64. The summed E-state index contributed by atoms with van der Waals surface area (Å²) in [5, 5.41) is 13.6. The van der Waals surface area contributed by atoms with Crippen molar-refractivity contribution >= 4 is 11.6 Å². The lowest BCUT2D eigenvalue weighted by atomic mass is 10.0. The first kappa shape index (κ1) is 14.9. The van der Waals surface area contributed by atoms with Crippen LogP contribution >= 0.6 is 0 Å². The zero-order chi connectivity index (χ0) is 14.1. The number of hydrogen-bond acceptors (Lipinski definition) is 3. The summed E-state index contributed by atoms with van der Waals surface area (Å²) in [4.78, 5) is 11.7. The van der Waals surface area contributed by atoms with Gasteiger partial charge in [-0.1, -0.05) is 27.2 Å². The minimum absolute atomic E-state index is 0.197. The van der Waals surface area contributed by atoms with Gasteiger partial charge in [-0.05, 0) is 6.42 Å². The van der Waals surface area contributed by atoms with E-state index in [1.807, 2.05) is 0 Å². The molecule has 0 fully saturated rings. The van der Waals surface area contributed by atoms with Crippen LogP contribution in [0.4, 0.5) is 13.2 Å². The normalized spacial score (nSPS) is 24.7. The monoisotopic (exact) mass is 266 g/mol. The summed E-state index contributed by atoms with van der Waals surface area (Å²) in [5.41, 5.74) is -3.00. The molecule has 0 aromatic rings. The van der Waals surface area contributed by atoms with E-state index < -0.39 is 30.1 Å². The van der Waals surface area contributed by atoms with Crippen molar-refractivity contribution in [3.05, 3.63) is 0 Å². The van der Waals surface area contributed by atoms with Gasteiger partial charge in [0.2, 0.25) is 5.91 Å². The summed E-state index contributed by atoms with van der Waals surface area (Å²) in [6.45, 7) is 4.72. The molecular formula is C11H17F3N2O2. The maximum Gasteiger partial charge on any atom is 0.438 e. The highest BCUT2D eigenvalue weighted by Crippen LogP contribution is 2.41. The first-order chi connectivity index (χ1) is 8.13. The van der Waals surface area contributed by atoms with Crippen LogP contribution in [0.1, 0.15) is 40.0 Å². The van der Waals surface area contributed by atoms with Crippen LogP contribution in [0.2, 0.25) is 0 Å². The van der Waals surface area contributed by atoms with Crippen LogP contribution in [0.15, 0.2) is 5.10 Å². The SMILES string of the molecule is CCCC1=NN(C(=O)C(C)C)[C@@](O)(C(F)(F)F)C1. The molecule has 0 unspecified atom stereocenters. The van der Waals surface area contributed by atoms with E-state index in [-0.39, 0.29) is 10.7 Å². The molecule has 0 radical (unpaired) electrons. The van der Waals surface area contributed by atoms with Gasteiger partial charge in [-0.15, -0.1) is 0 Å². The molecule has 0 aliphatic carbocycles. The van der Waals surface area contributed by atoms with Gasteiger partial charge in [0.25, 0.3) is 5.72 Å². The Kier molecular flexibility index (Phi) is 4.05. The van der Waals surface area contributed by atoms with Gasteiger partial charge < -0.3 is 5.11 Å². The molecule has 0 aromatic heterocycles. The molecule has 1 amide bonds. The highest BCUT2D eigenvalue weighted by molar-refractivity contribution is 5.91. The Hall–Kier alpha value is -1.11. The molecule has 1 N–H and O–H groups in total. The first-order valence-electron chi connectivity index (χ1n) is 5.83. The quantitative estimate of drug-likeness (QED) is 0.852. The lowest BCUT2D eigenvalue weighted by Gasteiger charge is -2.33. The van der Waals surface area contributed by atoms with Gasteiger partial charge in [0.1, 0.15) is 0 Å². The van der Waals surface area contributed by atoms with Gasteiger partial charge in [0.15, 0.2) is 0 Å². The third kappa shape index (κ3) is 2.50. The molecular weight excluding hydrogens is 249 g/mol. The first-order valence-corrected chi connectivity index (χ1v) is 5.83. The van der Waals surface area contributed by atoms with Crippen molar-refractivity contribution in [2.24, 2.45) is 11.0 Å². The second-order valence-electron chi connectivity index (χ2n) is 4.71. The maximum atomic E-state index is 12.9. The zero-order valence-corrected chi connectivity index (χ0v) is 10.6. The van der Waals surface area contributed by atoms with Crippen LogP contribution in [0, 0.1) is 5.92 Å². The molecule has 18 heavy (non-hydrogen) atoms. The Balaban J connectivity index is 3.10. The predicted molar refractivity (Wildman–Crippen MR) is 59.6 cm³/mol. The molecule has 7 heteroatoms. The number of aliphatic hydroxyl groups is 1. The van der Waals surface area contributed by atoms with Crippen LogP contribution in [0.5, 0.6) is 0 Å². The highest BCUT2D eigenvalue weighted by atomic mass is 19.4. The molecule has 1 aliphatic rings. The van der Waals surface area contributed by atoms with Crippen molar-refractivity contribution < 1.29 is 23.1 Å². The number of carbonyl (C=O) groups is 1. The largest absolute Gasteiger partial charge is 0.438 e. The van der Waals surface area contributed by atoms with Gasteiger partial charge in [-0.2, -0.15) is 23.3 Å². The molecule has 1 atom stereocenters. The van der Waals surface area contributed by atoms with Crippen molar-refractivity contribution in [2.45, 2.75) is 51.9 Å². The molecule has 0 spiro atoms. The second kappa shape index (κ2) is 4.87. The minimum Gasteiger partial charge on any atom is -0.362 e. The Morgan fingerprint density at radius 1 is 1.56 bits per heavy atom. The van der Waals surface area contributed by atoms with E-state index in [1.165, 1.54) is 13.8 Å². The van der Waals surface area contributed by atoms with E-state index in [0.717, 1.165) is 0 Å². The lowest BCUT2D eigenvalue weighted by Crippen LogP contribution is -2.57. The number of nitrogens with zero attached hydrogens (tertiary/aromatic N) is 2. The third-order valence-electron chi connectivity index (χ3n) is 2.74. The van der Waals surface area contributed by atoms with E-state index in [9.17, 15) is 23.1 Å². The van der Waals surface area contributed by atoms with Crippen molar-refractivity contribution in [1.82, 2.24) is 5.01 Å². The van der Waals surface area contributed by atoms with Crippen molar-refractivity contribution in [3.8, 4) is 0 Å². The molecule has 0 saturated carbocycles. The third-order valence-corrected chi connectivity index (χ3v) is 2.74. The smallest absolute Gasteiger partial charge is 0.362 e. The summed E-state index contributed by atoms with van der Waals surface area (Å²) < 4.78 is 38.7.